The van der Waals surface area contributed by atoms with Crippen LogP contribution in [0.5, 0.6) is 11.5 Å². The second-order valence-electron chi connectivity index (χ2n) is 3.32. The highest BCUT2D eigenvalue weighted by Gasteiger charge is 2.14. The summed E-state index contributed by atoms with van der Waals surface area (Å²) in [5.41, 5.74) is -0.672. The van der Waals surface area contributed by atoms with Crippen LogP contribution in [0.4, 0.5) is 5.69 Å². The molecule has 7 heteroatoms. The molecule has 0 amide bonds. The number of nitro benzene ring substituents is 1. The Morgan fingerprint density at radius 3 is 2.76 bits per heavy atom. The molecule has 0 aliphatic rings. The van der Waals surface area contributed by atoms with Crippen LogP contribution in [0.25, 0.3) is 10.9 Å². The predicted molar refractivity (Wildman–Crippen MR) is 59.4 cm³/mol. The number of pyridine rings is 1. The van der Waals surface area contributed by atoms with Crippen LogP contribution >= 0.6 is 0 Å². The molecule has 1 heterocycles. The van der Waals surface area contributed by atoms with Gasteiger partial charge in [-0.15, -0.1) is 0 Å². The number of ether oxygens (including phenoxy) is 1. The number of methoxy groups -OCH3 is 1. The third-order valence-corrected chi connectivity index (χ3v) is 2.34. The normalized spacial score (nSPS) is 10.4. The number of hydrogen-bond donors (Lipinski definition) is 2. The molecule has 2 rings (SSSR count). The molecule has 0 aliphatic carbocycles. The van der Waals surface area contributed by atoms with Crippen molar-refractivity contribution in [2.24, 2.45) is 0 Å². The topological polar surface area (TPSA) is 105 Å². The Morgan fingerprint density at radius 2 is 2.18 bits per heavy atom. The molecule has 0 spiro atoms. The van der Waals surface area contributed by atoms with Crippen LogP contribution in [-0.4, -0.2) is 22.1 Å². The molecule has 0 bridgehead atoms. The highest BCUT2D eigenvalue weighted by molar-refractivity contribution is 5.88. The van der Waals surface area contributed by atoms with Crippen LogP contribution in [0.3, 0.4) is 0 Å². The number of nitrogens with zero attached hydrogens (tertiary/aromatic N) is 1. The van der Waals surface area contributed by atoms with Crippen molar-refractivity contribution >= 4 is 16.6 Å². The van der Waals surface area contributed by atoms with Gasteiger partial charge in [0.1, 0.15) is 0 Å². The molecule has 0 saturated carbocycles. The molecule has 1 aromatic carbocycles. The molecule has 17 heavy (non-hydrogen) atoms. The van der Waals surface area contributed by atoms with Crippen molar-refractivity contribution < 1.29 is 14.8 Å². The third-order valence-electron chi connectivity index (χ3n) is 2.34. The minimum absolute atomic E-state index is 0.00125. The van der Waals surface area contributed by atoms with Gasteiger partial charge in [-0.05, 0) is 6.07 Å². The lowest BCUT2D eigenvalue weighted by Gasteiger charge is -2.06. The zero-order valence-electron chi connectivity index (χ0n) is 8.76. The fourth-order valence-corrected chi connectivity index (χ4v) is 1.57. The number of nitrogens with one attached hydrogen (secondary N) is 1. The average Bonchev–Trinajstić information content (AvgIpc) is 2.30. The SMILES string of the molecule is COc1c(O)c(=O)[nH]c2cc([N+](=O)[O-])ccc12. The van der Waals surface area contributed by atoms with Crippen LogP contribution in [-0.2, 0) is 0 Å². The van der Waals surface area contributed by atoms with Crippen molar-refractivity contribution in [3.05, 3.63) is 38.7 Å². The Bertz CT molecular complexity index is 662. The smallest absolute Gasteiger partial charge is 0.294 e. The zero-order chi connectivity index (χ0) is 12.6. The molecule has 2 aromatic rings. The van der Waals surface area contributed by atoms with Crippen LogP contribution in [0, 0.1) is 10.1 Å². The first-order valence-corrected chi connectivity index (χ1v) is 4.62. The first kappa shape index (κ1) is 10.9. The van der Waals surface area contributed by atoms with E-state index in [-0.39, 0.29) is 17.0 Å². The summed E-state index contributed by atoms with van der Waals surface area (Å²) in [5, 5.41) is 20.5. The molecule has 0 atom stereocenters. The Morgan fingerprint density at radius 1 is 1.47 bits per heavy atom. The van der Waals surface area contributed by atoms with Crippen molar-refractivity contribution in [2.75, 3.05) is 7.11 Å². The van der Waals surface area contributed by atoms with E-state index in [0.717, 1.165) is 0 Å². The van der Waals surface area contributed by atoms with Gasteiger partial charge in [0.2, 0.25) is 5.75 Å². The van der Waals surface area contributed by atoms with Crippen molar-refractivity contribution in [1.82, 2.24) is 4.98 Å². The lowest BCUT2D eigenvalue weighted by Crippen LogP contribution is -2.07. The standard InChI is InChI=1S/C10H8N2O5/c1-17-9-6-3-2-5(12(15)16)4-7(6)11-10(14)8(9)13/h2-4,13H,1H3,(H,11,14). The number of nitro groups is 1. The average molecular weight is 236 g/mol. The number of H-pyrrole nitrogens is 1. The Hall–Kier alpha value is -2.57. The van der Waals surface area contributed by atoms with Gasteiger partial charge in [0, 0.05) is 17.5 Å². The number of benzene rings is 1. The Balaban J connectivity index is 2.85. The van der Waals surface area contributed by atoms with Crippen LogP contribution in [0.2, 0.25) is 0 Å². The van der Waals surface area contributed by atoms with Gasteiger partial charge in [0.25, 0.3) is 11.2 Å². The minimum Gasteiger partial charge on any atom is -0.500 e. The maximum Gasteiger partial charge on any atom is 0.294 e. The second kappa shape index (κ2) is 3.78. The monoisotopic (exact) mass is 236 g/mol. The molecule has 0 aliphatic heterocycles. The van der Waals surface area contributed by atoms with Gasteiger partial charge in [0.15, 0.2) is 5.75 Å². The lowest BCUT2D eigenvalue weighted by molar-refractivity contribution is -0.384. The highest BCUT2D eigenvalue weighted by atomic mass is 16.6. The summed E-state index contributed by atoms with van der Waals surface area (Å²) in [6.07, 6.45) is 0. The third kappa shape index (κ3) is 1.67. The van der Waals surface area contributed by atoms with E-state index in [0.29, 0.717) is 5.39 Å². The summed E-state index contributed by atoms with van der Waals surface area (Å²) in [6.45, 7) is 0. The first-order valence-electron chi connectivity index (χ1n) is 4.62. The molecule has 2 N–H and O–H groups in total. The van der Waals surface area contributed by atoms with E-state index in [1.165, 1.54) is 25.3 Å². The van der Waals surface area contributed by atoms with E-state index in [2.05, 4.69) is 4.98 Å². The molecule has 88 valence electrons. The molecule has 1 aromatic heterocycles. The summed E-state index contributed by atoms with van der Waals surface area (Å²) in [7, 11) is 1.30. The highest BCUT2D eigenvalue weighted by Crippen LogP contribution is 2.31. The van der Waals surface area contributed by atoms with Crippen LogP contribution < -0.4 is 10.3 Å². The van der Waals surface area contributed by atoms with Gasteiger partial charge in [0.05, 0.1) is 17.5 Å². The van der Waals surface area contributed by atoms with Gasteiger partial charge in [-0.1, -0.05) is 0 Å². The number of hydrogen-bond acceptors (Lipinski definition) is 5. The number of rotatable bonds is 2. The van der Waals surface area contributed by atoms with Gasteiger partial charge in [-0.25, -0.2) is 0 Å². The fourth-order valence-electron chi connectivity index (χ4n) is 1.57. The van der Waals surface area contributed by atoms with Crippen molar-refractivity contribution in [2.45, 2.75) is 0 Å². The molecule has 0 unspecified atom stereocenters. The van der Waals surface area contributed by atoms with Gasteiger partial charge >= 0.3 is 0 Å². The van der Waals surface area contributed by atoms with E-state index in [9.17, 15) is 20.0 Å². The Labute approximate surface area is 94.4 Å². The fraction of sp³-hybridized carbons (Fsp3) is 0.100. The number of aromatic hydroxyl groups is 1. The van der Waals surface area contributed by atoms with Gasteiger partial charge < -0.3 is 14.8 Å². The maximum absolute atomic E-state index is 11.3. The first-order chi connectivity index (χ1) is 8.04. The minimum atomic E-state index is -0.755. The zero-order valence-corrected chi connectivity index (χ0v) is 8.76. The molecule has 0 saturated heterocycles. The van der Waals surface area contributed by atoms with Gasteiger partial charge in [-0.3, -0.25) is 14.9 Å². The molecule has 0 fully saturated rings. The Kier molecular flexibility index (Phi) is 2.43. The second-order valence-corrected chi connectivity index (χ2v) is 3.32. The number of non-ortho nitro benzene ring substituents is 1. The summed E-state index contributed by atoms with van der Waals surface area (Å²) in [6, 6.07) is 3.88. The molecule has 0 radical (unpaired) electrons. The molecule has 7 nitrogen and oxygen atoms in total. The molecular formula is C10H8N2O5. The number of aromatic amines is 1. The summed E-state index contributed by atoms with van der Waals surface area (Å²) < 4.78 is 4.90. The van der Waals surface area contributed by atoms with E-state index in [1.54, 1.807) is 0 Å². The largest absolute Gasteiger partial charge is 0.500 e. The van der Waals surface area contributed by atoms with Crippen molar-refractivity contribution in [1.29, 1.82) is 0 Å². The van der Waals surface area contributed by atoms with Crippen molar-refractivity contribution in [3.63, 3.8) is 0 Å². The van der Waals surface area contributed by atoms with Crippen molar-refractivity contribution in [3.8, 4) is 11.5 Å². The van der Waals surface area contributed by atoms with E-state index in [4.69, 9.17) is 4.74 Å². The van der Waals surface area contributed by atoms with Crippen LogP contribution in [0.15, 0.2) is 23.0 Å². The number of aromatic nitrogens is 1. The molecular weight excluding hydrogens is 228 g/mol. The quantitative estimate of drug-likeness (QED) is 0.601. The summed E-state index contributed by atoms with van der Waals surface area (Å²) in [5.74, 6) is -0.549. The van der Waals surface area contributed by atoms with E-state index >= 15 is 0 Å². The van der Waals surface area contributed by atoms with Gasteiger partial charge in [-0.2, -0.15) is 0 Å². The van der Waals surface area contributed by atoms with Crippen LogP contribution in [0.1, 0.15) is 0 Å². The predicted octanol–water partition coefficient (Wildman–Crippen LogP) is 1.15. The summed E-state index contributed by atoms with van der Waals surface area (Å²) in [4.78, 5) is 23.7. The number of fused-ring (bicyclic) bond motifs is 1. The summed E-state index contributed by atoms with van der Waals surface area (Å²) >= 11 is 0. The van der Waals surface area contributed by atoms with E-state index in [1.807, 2.05) is 0 Å². The maximum atomic E-state index is 11.3. The van der Waals surface area contributed by atoms with E-state index < -0.39 is 16.2 Å². The lowest BCUT2D eigenvalue weighted by atomic mass is 10.2.